The van der Waals surface area contributed by atoms with Crippen LogP contribution in [0.15, 0.2) is 12.2 Å². The molecule has 0 aliphatic heterocycles. The van der Waals surface area contributed by atoms with Gasteiger partial charge in [0.1, 0.15) is 0 Å². The van der Waals surface area contributed by atoms with Crippen LogP contribution in [0.5, 0.6) is 0 Å². The zero-order valence-electron chi connectivity index (χ0n) is 11.4. The number of aliphatic hydroxyl groups is 3. The molecule has 0 amide bonds. The molecule has 0 bridgehead atoms. The maximum Gasteiger partial charge on any atom is 0.330 e. The first-order valence-corrected chi connectivity index (χ1v) is 6.10. The third-order valence-corrected chi connectivity index (χ3v) is 2.68. The highest BCUT2D eigenvalue weighted by atomic mass is 16.4. The van der Waals surface area contributed by atoms with Gasteiger partial charge in [-0.3, -0.25) is 0 Å². The van der Waals surface area contributed by atoms with Crippen LogP contribution in [-0.4, -0.2) is 46.2 Å². The first-order valence-electron chi connectivity index (χ1n) is 6.10. The van der Waals surface area contributed by atoms with E-state index >= 15 is 0 Å². The lowest BCUT2D eigenvalue weighted by atomic mass is 9.85. The van der Waals surface area contributed by atoms with Crippen LogP contribution in [0.25, 0.3) is 0 Å². The Morgan fingerprint density at radius 1 is 1.11 bits per heavy atom. The van der Waals surface area contributed by atoms with E-state index in [2.05, 4.69) is 13.5 Å². The molecule has 0 aliphatic rings. The Morgan fingerprint density at radius 3 is 1.72 bits per heavy atom. The number of unbranched alkanes of at least 4 members (excludes halogenated alkanes) is 2. The maximum atomic E-state index is 9.60. The van der Waals surface area contributed by atoms with Crippen molar-refractivity contribution >= 4 is 5.97 Å². The van der Waals surface area contributed by atoms with Crippen LogP contribution >= 0.6 is 0 Å². The second-order valence-electron chi connectivity index (χ2n) is 4.52. The molecule has 4 N–H and O–H groups in total. The minimum absolute atomic E-state index is 0.135. The second-order valence-corrected chi connectivity index (χ2v) is 4.52. The van der Waals surface area contributed by atoms with Gasteiger partial charge in [0.15, 0.2) is 0 Å². The normalized spacial score (nSPS) is 10.5. The van der Waals surface area contributed by atoms with Crippen molar-refractivity contribution in [3.63, 3.8) is 0 Å². The average Bonchev–Trinajstić information content (AvgIpc) is 2.36. The summed E-state index contributed by atoms with van der Waals surface area (Å²) in [5.74, 6) is -0.935. The lowest BCUT2D eigenvalue weighted by Crippen LogP contribution is -2.33. The van der Waals surface area contributed by atoms with Gasteiger partial charge in [-0.1, -0.05) is 32.8 Å². The minimum atomic E-state index is -0.935. The van der Waals surface area contributed by atoms with Crippen molar-refractivity contribution in [1.82, 2.24) is 0 Å². The summed E-state index contributed by atoms with van der Waals surface area (Å²) in [5, 5.41) is 34.8. The molecule has 0 saturated heterocycles. The van der Waals surface area contributed by atoms with Gasteiger partial charge in [0.25, 0.3) is 0 Å². The van der Waals surface area contributed by atoms with Gasteiger partial charge in [-0.2, -0.15) is 0 Å². The molecule has 5 nitrogen and oxygen atoms in total. The summed E-state index contributed by atoms with van der Waals surface area (Å²) in [6, 6.07) is 0. The minimum Gasteiger partial charge on any atom is -0.478 e. The summed E-state index contributed by atoms with van der Waals surface area (Å²) in [4.78, 5) is 9.60. The van der Waals surface area contributed by atoms with Gasteiger partial charge in [0.05, 0.1) is 19.8 Å². The van der Waals surface area contributed by atoms with Crippen molar-refractivity contribution in [2.45, 2.75) is 39.5 Å². The van der Waals surface area contributed by atoms with Crippen LogP contribution in [0, 0.1) is 5.41 Å². The van der Waals surface area contributed by atoms with E-state index in [0.717, 1.165) is 19.3 Å². The molecule has 0 aromatic heterocycles. The Morgan fingerprint density at radius 2 is 1.50 bits per heavy atom. The molecule has 0 unspecified atom stereocenters. The van der Waals surface area contributed by atoms with Crippen LogP contribution in [-0.2, 0) is 4.79 Å². The van der Waals surface area contributed by atoms with Gasteiger partial charge in [-0.15, -0.1) is 0 Å². The number of aliphatic carboxylic acids is 1. The van der Waals surface area contributed by atoms with E-state index in [0.29, 0.717) is 6.42 Å². The van der Waals surface area contributed by atoms with Crippen LogP contribution in [0.3, 0.4) is 0 Å². The summed E-state index contributed by atoms with van der Waals surface area (Å²) < 4.78 is 0. The summed E-state index contributed by atoms with van der Waals surface area (Å²) >= 11 is 0. The SMILES string of the molecule is C=C(C)C(=O)O.CCCCCC(CO)(CO)CO. The fourth-order valence-electron chi connectivity index (χ4n) is 1.14. The summed E-state index contributed by atoms with van der Waals surface area (Å²) in [5.41, 5.74) is -0.482. The van der Waals surface area contributed by atoms with Crippen molar-refractivity contribution in [2.24, 2.45) is 5.41 Å². The lowest BCUT2D eigenvalue weighted by Gasteiger charge is -2.26. The number of carboxylic acid groups (broad SMARTS) is 1. The molecule has 5 heteroatoms. The number of carbonyl (C=O) groups is 1. The molecule has 0 saturated carbocycles. The number of carboxylic acids is 1. The second kappa shape index (κ2) is 11.2. The zero-order valence-corrected chi connectivity index (χ0v) is 11.4. The molecule has 0 radical (unpaired) electrons. The van der Waals surface area contributed by atoms with E-state index in [-0.39, 0.29) is 25.4 Å². The van der Waals surface area contributed by atoms with Crippen molar-refractivity contribution in [3.05, 3.63) is 12.2 Å². The Bertz CT molecular complexity index is 213. The highest BCUT2D eigenvalue weighted by Gasteiger charge is 2.26. The first kappa shape index (κ1) is 19.4. The van der Waals surface area contributed by atoms with E-state index in [1.54, 1.807) is 0 Å². The van der Waals surface area contributed by atoms with E-state index in [9.17, 15) is 4.79 Å². The predicted molar refractivity (Wildman–Crippen MR) is 70.3 cm³/mol. The van der Waals surface area contributed by atoms with Gasteiger partial charge >= 0.3 is 5.97 Å². The van der Waals surface area contributed by atoms with E-state index < -0.39 is 11.4 Å². The number of rotatable bonds is 8. The Kier molecular flexibility index (Phi) is 12.1. The summed E-state index contributed by atoms with van der Waals surface area (Å²) in [7, 11) is 0. The van der Waals surface area contributed by atoms with E-state index in [1.807, 2.05) is 0 Å². The van der Waals surface area contributed by atoms with E-state index in [4.69, 9.17) is 20.4 Å². The van der Waals surface area contributed by atoms with Crippen molar-refractivity contribution < 1.29 is 25.2 Å². The van der Waals surface area contributed by atoms with Crippen molar-refractivity contribution in [2.75, 3.05) is 19.8 Å². The van der Waals surface area contributed by atoms with Crippen LogP contribution in [0.4, 0.5) is 0 Å². The first-order chi connectivity index (χ1) is 8.39. The molecule has 0 atom stereocenters. The monoisotopic (exact) mass is 262 g/mol. The standard InChI is InChI=1S/C9H20O3.C4H6O2/c1-2-3-4-5-9(6-10,7-11)8-12;1-3(2)4(5)6/h10-12H,2-8H2,1H3;1H2,2H3,(H,5,6). The fourth-order valence-corrected chi connectivity index (χ4v) is 1.14. The summed E-state index contributed by atoms with van der Waals surface area (Å²) in [6.45, 7) is 6.29. The van der Waals surface area contributed by atoms with Gasteiger partial charge in [0.2, 0.25) is 0 Å². The van der Waals surface area contributed by atoms with Crippen molar-refractivity contribution in [3.8, 4) is 0 Å². The molecule has 18 heavy (non-hydrogen) atoms. The van der Waals surface area contributed by atoms with Gasteiger partial charge in [-0.05, 0) is 13.3 Å². The van der Waals surface area contributed by atoms with E-state index in [1.165, 1.54) is 6.92 Å². The van der Waals surface area contributed by atoms with Crippen LogP contribution in [0.2, 0.25) is 0 Å². The molecule has 0 aliphatic carbocycles. The average molecular weight is 262 g/mol. The van der Waals surface area contributed by atoms with Crippen LogP contribution in [0.1, 0.15) is 39.5 Å². The largest absolute Gasteiger partial charge is 0.478 e. The maximum absolute atomic E-state index is 9.60. The molecule has 0 spiro atoms. The number of hydrogen-bond acceptors (Lipinski definition) is 4. The molecule has 108 valence electrons. The molecule has 0 fully saturated rings. The molecule has 0 rings (SSSR count). The Labute approximate surface area is 109 Å². The zero-order chi connectivity index (χ0) is 14.6. The summed E-state index contributed by atoms with van der Waals surface area (Å²) in [6.07, 6.45) is 3.85. The number of hydrogen-bond donors (Lipinski definition) is 4. The molecular weight excluding hydrogens is 236 g/mol. The third kappa shape index (κ3) is 9.15. The van der Waals surface area contributed by atoms with Crippen molar-refractivity contribution in [1.29, 1.82) is 0 Å². The number of aliphatic hydroxyl groups excluding tert-OH is 3. The van der Waals surface area contributed by atoms with Gasteiger partial charge in [-0.25, -0.2) is 4.79 Å². The Hall–Kier alpha value is -0.910. The topological polar surface area (TPSA) is 98.0 Å². The lowest BCUT2D eigenvalue weighted by molar-refractivity contribution is -0.132. The molecule has 0 heterocycles. The smallest absolute Gasteiger partial charge is 0.330 e. The van der Waals surface area contributed by atoms with Crippen LogP contribution < -0.4 is 0 Å². The molecule has 0 aromatic carbocycles. The van der Waals surface area contributed by atoms with Gasteiger partial charge in [0, 0.05) is 11.0 Å². The quantitative estimate of drug-likeness (QED) is 0.389. The predicted octanol–water partition coefficient (Wildman–Crippen LogP) is 1.18. The fraction of sp³-hybridized carbons (Fsp3) is 0.769. The highest BCUT2D eigenvalue weighted by Crippen LogP contribution is 2.23. The molecule has 0 aromatic rings. The Balaban J connectivity index is 0. The molecular formula is C13H26O5. The highest BCUT2D eigenvalue weighted by molar-refractivity contribution is 5.84. The van der Waals surface area contributed by atoms with Gasteiger partial charge < -0.3 is 20.4 Å². The third-order valence-electron chi connectivity index (χ3n) is 2.68.